The highest BCUT2D eigenvalue weighted by Gasteiger charge is 2.16. The molecular weight excluding hydrogens is 280 g/mol. The van der Waals surface area contributed by atoms with E-state index in [1.54, 1.807) is 18.2 Å². The van der Waals surface area contributed by atoms with Crippen LogP contribution in [0.2, 0.25) is 0 Å². The van der Waals surface area contributed by atoms with E-state index in [2.05, 4.69) is 4.72 Å². The SMILES string of the molecule is NC(=S)CCNS(=O)(=O)c1cccc2ccccc12. The maximum Gasteiger partial charge on any atom is 0.241 e. The Morgan fingerprint density at radius 2 is 1.84 bits per heavy atom. The number of hydrogen-bond donors (Lipinski definition) is 2. The predicted octanol–water partition coefficient (Wildman–Crippen LogP) is 1.79. The van der Waals surface area contributed by atoms with Crippen LogP contribution >= 0.6 is 12.2 Å². The molecule has 19 heavy (non-hydrogen) atoms. The molecule has 0 aliphatic rings. The molecule has 0 unspecified atom stereocenters. The van der Waals surface area contributed by atoms with Gasteiger partial charge in [0.25, 0.3) is 0 Å². The molecule has 0 aromatic heterocycles. The van der Waals surface area contributed by atoms with E-state index in [1.165, 1.54) is 0 Å². The average Bonchev–Trinajstić information content (AvgIpc) is 2.37. The molecule has 0 amide bonds. The summed E-state index contributed by atoms with van der Waals surface area (Å²) in [6.45, 7) is 0.209. The fraction of sp³-hybridized carbons (Fsp3) is 0.154. The maximum atomic E-state index is 12.2. The Kier molecular flexibility index (Phi) is 4.14. The standard InChI is InChI=1S/C13H14N2O2S2/c14-13(18)8-9-15-19(16,17)12-7-3-5-10-4-1-2-6-11(10)12/h1-7,15H,8-9H2,(H2,14,18). The zero-order valence-corrected chi connectivity index (χ0v) is 11.8. The van der Waals surface area contributed by atoms with E-state index in [4.69, 9.17) is 18.0 Å². The van der Waals surface area contributed by atoms with Crippen LogP contribution in [0.1, 0.15) is 6.42 Å². The van der Waals surface area contributed by atoms with Crippen LogP contribution < -0.4 is 10.5 Å². The summed E-state index contributed by atoms with van der Waals surface area (Å²) < 4.78 is 27.0. The van der Waals surface area contributed by atoms with Gasteiger partial charge in [0.05, 0.1) is 9.88 Å². The Balaban J connectivity index is 2.35. The van der Waals surface area contributed by atoms with Crippen LogP contribution in [0.3, 0.4) is 0 Å². The minimum atomic E-state index is -3.55. The van der Waals surface area contributed by atoms with Crippen LogP contribution in [0.15, 0.2) is 47.4 Å². The van der Waals surface area contributed by atoms with Gasteiger partial charge in [0, 0.05) is 18.4 Å². The molecule has 2 rings (SSSR count). The quantitative estimate of drug-likeness (QED) is 0.825. The topological polar surface area (TPSA) is 72.2 Å². The van der Waals surface area contributed by atoms with Gasteiger partial charge in [0.2, 0.25) is 10.0 Å². The molecule has 3 N–H and O–H groups in total. The van der Waals surface area contributed by atoms with E-state index >= 15 is 0 Å². The zero-order valence-electron chi connectivity index (χ0n) is 10.2. The molecule has 0 saturated heterocycles. The molecule has 100 valence electrons. The molecule has 0 aliphatic carbocycles. The molecule has 0 bridgehead atoms. The second-order valence-corrected chi connectivity index (χ2v) is 6.35. The molecular formula is C13H14N2O2S2. The van der Waals surface area contributed by atoms with E-state index in [0.29, 0.717) is 16.8 Å². The number of hydrogen-bond acceptors (Lipinski definition) is 3. The molecule has 2 aromatic carbocycles. The fourth-order valence-corrected chi connectivity index (χ4v) is 3.18. The number of nitrogens with two attached hydrogens (primary N) is 1. The Morgan fingerprint density at radius 1 is 1.16 bits per heavy atom. The lowest BCUT2D eigenvalue weighted by atomic mass is 10.1. The minimum absolute atomic E-state index is 0.209. The van der Waals surface area contributed by atoms with Gasteiger partial charge in [-0.25, -0.2) is 13.1 Å². The van der Waals surface area contributed by atoms with Gasteiger partial charge in [-0.1, -0.05) is 48.6 Å². The van der Waals surface area contributed by atoms with Gasteiger partial charge in [-0.3, -0.25) is 0 Å². The third kappa shape index (κ3) is 3.28. The first-order chi connectivity index (χ1) is 9.00. The molecule has 0 saturated carbocycles. The van der Waals surface area contributed by atoms with E-state index in [9.17, 15) is 8.42 Å². The van der Waals surface area contributed by atoms with Crippen LogP contribution in [-0.2, 0) is 10.0 Å². The number of rotatable bonds is 5. The zero-order chi connectivity index (χ0) is 13.9. The van der Waals surface area contributed by atoms with E-state index < -0.39 is 10.0 Å². The number of benzene rings is 2. The summed E-state index contributed by atoms with van der Waals surface area (Å²) >= 11 is 4.72. The highest BCUT2D eigenvalue weighted by atomic mass is 32.2. The first kappa shape index (κ1) is 13.9. The number of nitrogens with one attached hydrogen (secondary N) is 1. The molecule has 0 aliphatic heterocycles. The number of fused-ring (bicyclic) bond motifs is 1. The summed E-state index contributed by atoms with van der Waals surface area (Å²) in [6, 6.07) is 12.6. The van der Waals surface area contributed by atoms with Crippen molar-refractivity contribution in [2.45, 2.75) is 11.3 Å². The lowest BCUT2D eigenvalue weighted by Gasteiger charge is -2.09. The highest BCUT2D eigenvalue weighted by molar-refractivity contribution is 7.89. The Labute approximate surface area is 117 Å². The first-order valence-electron chi connectivity index (χ1n) is 5.76. The van der Waals surface area contributed by atoms with Gasteiger partial charge < -0.3 is 5.73 Å². The summed E-state index contributed by atoms with van der Waals surface area (Å²) in [5, 5.41) is 1.59. The molecule has 4 nitrogen and oxygen atoms in total. The second kappa shape index (κ2) is 5.64. The Bertz CT molecular complexity index is 706. The molecule has 0 atom stereocenters. The molecule has 2 aromatic rings. The summed E-state index contributed by atoms with van der Waals surface area (Å²) in [6.07, 6.45) is 0.347. The maximum absolute atomic E-state index is 12.2. The minimum Gasteiger partial charge on any atom is -0.393 e. The average molecular weight is 294 g/mol. The van der Waals surface area contributed by atoms with Gasteiger partial charge in [-0.2, -0.15) is 0 Å². The molecule has 0 fully saturated rings. The van der Waals surface area contributed by atoms with E-state index in [-0.39, 0.29) is 11.4 Å². The fourth-order valence-electron chi connectivity index (χ4n) is 1.82. The summed E-state index contributed by atoms with van der Waals surface area (Å²) in [4.78, 5) is 0.564. The number of thiocarbonyl (C=S) groups is 1. The van der Waals surface area contributed by atoms with Gasteiger partial charge in [0.1, 0.15) is 0 Å². The second-order valence-electron chi connectivity index (χ2n) is 4.09. The Hall–Kier alpha value is -1.50. The van der Waals surface area contributed by atoms with Crippen LogP contribution in [0.5, 0.6) is 0 Å². The third-order valence-electron chi connectivity index (χ3n) is 2.70. The van der Waals surface area contributed by atoms with Crippen LogP contribution in [0.4, 0.5) is 0 Å². The van der Waals surface area contributed by atoms with Crippen molar-refractivity contribution < 1.29 is 8.42 Å². The van der Waals surface area contributed by atoms with Gasteiger partial charge >= 0.3 is 0 Å². The number of sulfonamides is 1. The summed E-state index contributed by atoms with van der Waals surface area (Å²) in [5.41, 5.74) is 5.35. The summed E-state index contributed by atoms with van der Waals surface area (Å²) in [5.74, 6) is 0. The molecule has 0 heterocycles. The van der Waals surface area contributed by atoms with Crippen molar-refractivity contribution in [3.63, 3.8) is 0 Å². The van der Waals surface area contributed by atoms with Gasteiger partial charge in [-0.05, 0) is 11.5 Å². The molecule has 0 radical (unpaired) electrons. The smallest absolute Gasteiger partial charge is 0.241 e. The van der Waals surface area contributed by atoms with Crippen molar-refractivity contribution in [1.82, 2.24) is 4.72 Å². The lowest BCUT2D eigenvalue weighted by molar-refractivity contribution is 0.583. The third-order valence-corrected chi connectivity index (χ3v) is 4.43. The van der Waals surface area contributed by atoms with Crippen LogP contribution in [0, 0.1) is 0 Å². The van der Waals surface area contributed by atoms with Crippen molar-refractivity contribution >= 4 is 38.0 Å². The summed E-state index contributed by atoms with van der Waals surface area (Å²) in [7, 11) is -3.55. The van der Waals surface area contributed by atoms with Crippen molar-refractivity contribution in [1.29, 1.82) is 0 Å². The van der Waals surface area contributed by atoms with Gasteiger partial charge in [0.15, 0.2) is 0 Å². The van der Waals surface area contributed by atoms with Crippen molar-refractivity contribution in [2.75, 3.05) is 6.54 Å². The van der Waals surface area contributed by atoms with Crippen molar-refractivity contribution in [3.8, 4) is 0 Å². The van der Waals surface area contributed by atoms with E-state index in [1.807, 2.05) is 24.3 Å². The molecule has 0 spiro atoms. The first-order valence-corrected chi connectivity index (χ1v) is 7.65. The van der Waals surface area contributed by atoms with Crippen molar-refractivity contribution in [3.05, 3.63) is 42.5 Å². The van der Waals surface area contributed by atoms with Crippen LogP contribution in [-0.4, -0.2) is 20.0 Å². The highest BCUT2D eigenvalue weighted by Crippen LogP contribution is 2.22. The normalized spacial score (nSPS) is 11.6. The van der Waals surface area contributed by atoms with Crippen molar-refractivity contribution in [2.24, 2.45) is 5.73 Å². The predicted molar refractivity (Wildman–Crippen MR) is 80.5 cm³/mol. The van der Waals surface area contributed by atoms with E-state index in [0.717, 1.165) is 5.39 Å². The molecule has 6 heteroatoms. The van der Waals surface area contributed by atoms with Crippen LogP contribution in [0.25, 0.3) is 10.8 Å². The Morgan fingerprint density at radius 3 is 2.58 bits per heavy atom. The largest absolute Gasteiger partial charge is 0.393 e. The van der Waals surface area contributed by atoms with Gasteiger partial charge in [-0.15, -0.1) is 0 Å². The monoisotopic (exact) mass is 294 g/mol. The lowest BCUT2D eigenvalue weighted by Crippen LogP contribution is -2.27.